The Hall–Kier alpha value is -1.64. The zero-order chi connectivity index (χ0) is 16.8. The number of likely N-dealkylation sites (tertiary alicyclic amines) is 1. The number of rotatable bonds is 6. The number of nitrogens with zero attached hydrogens (tertiary/aromatic N) is 2. The van der Waals surface area contributed by atoms with Gasteiger partial charge in [0.25, 0.3) is 0 Å². The van der Waals surface area contributed by atoms with Crippen molar-refractivity contribution in [2.24, 2.45) is 0 Å². The Bertz CT molecular complexity index is 548. The Morgan fingerprint density at radius 1 is 0.917 bits per heavy atom. The first-order chi connectivity index (χ1) is 11.8. The van der Waals surface area contributed by atoms with Gasteiger partial charge >= 0.3 is 0 Å². The van der Waals surface area contributed by atoms with Gasteiger partial charge in [-0.25, -0.2) is 0 Å². The van der Waals surface area contributed by atoms with Crippen molar-refractivity contribution < 1.29 is 0 Å². The average molecular weight is 322 g/mol. The Morgan fingerprint density at radius 3 is 1.88 bits per heavy atom. The predicted octanol–water partition coefficient (Wildman–Crippen LogP) is 4.58. The first-order valence-electron chi connectivity index (χ1n) is 9.33. The number of hydrogen-bond donors (Lipinski definition) is 0. The molecule has 1 aliphatic heterocycles. The molecule has 1 aliphatic rings. The standard InChI is InChI=1S/C22H30N2/c1-3-16-24-17-14-21(15-18-24)23(2)22(19-10-6-4-7-11-19)20-12-8-5-9-13-20/h4-13,21-22H,3,14-18H2,1-2H3. The minimum Gasteiger partial charge on any atom is -0.303 e. The third-order valence-corrected chi connectivity index (χ3v) is 5.31. The van der Waals surface area contributed by atoms with E-state index in [0.717, 1.165) is 0 Å². The van der Waals surface area contributed by atoms with Gasteiger partial charge in [-0.15, -0.1) is 0 Å². The molecular formula is C22H30N2. The monoisotopic (exact) mass is 322 g/mol. The zero-order valence-electron chi connectivity index (χ0n) is 15.1. The second kappa shape index (κ2) is 8.46. The molecule has 2 nitrogen and oxygen atoms in total. The fourth-order valence-corrected chi connectivity index (χ4v) is 4.01. The number of piperidine rings is 1. The maximum Gasteiger partial charge on any atom is 0.0601 e. The molecular weight excluding hydrogens is 292 g/mol. The fraction of sp³-hybridized carbons (Fsp3) is 0.455. The normalized spacial score (nSPS) is 16.8. The van der Waals surface area contributed by atoms with Crippen LogP contribution in [0.15, 0.2) is 60.7 Å². The van der Waals surface area contributed by atoms with Crippen molar-refractivity contribution in [3.63, 3.8) is 0 Å². The Labute approximate surface area is 147 Å². The van der Waals surface area contributed by atoms with Crippen LogP contribution in [0.25, 0.3) is 0 Å². The Morgan fingerprint density at radius 2 is 1.42 bits per heavy atom. The van der Waals surface area contributed by atoms with Crippen molar-refractivity contribution in [1.82, 2.24) is 9.80 Å². The van der Waals surface area contributed by atoms with Crippen LogP contribution in [-0.4, -0.2) is 42.5 Å². The molecule has 0 radical (unpaired) electrons. The van der Waals surface area contributed by atoms with E-state index in [4.69, 9.17) is 0 Å². The van der Waals surface area contributed by atoms with E-state index in [-0.39, 0.29) is 0 Å². The van der Waals surface area contributed by atoms with Crippen molar-refractivity contribution in [2.45, 2.75) is 38.3 Å². The molecule has 2 aromatic rings. The summed E-state index contributed by atoms with van der Waals surface area (Å²) in [7, 11) is 2.31. The SMILES string of the molecule is CCCN1CCC(N(C)C(c2ccccc2)c2ccccc2)CC1. The molecule has 3 rings (SSSR count). The van der Waals surface area contributed by atoms with E-state index in [1.807, 2.05) is 0 Å². The van der Waals surface area contributed by atoms with Crippen LogP contribution in [0, 0.1) is 0 Å². The van der Waals surface area contributed by atoms with Gasteiger partial charge in [0.05, 0.1) is 6.04 Å². The third-order valence-electron chi connectivity index (χ3n) is 5.31. The second-order valence-electron chi connectivity index (χ2n) is 6.96. The summed E-state index contributed by atoms with van der Waals surface area (Å²) in [4.78, 5) is 5.22. The number of hydrogen-bond acceptors (Lipinski definition) is 2. The molecule has 2 aromatic carbocycles. The molecule has 0 N–H and O–H groups in total. The molecule has 1 heterocycles. The van der Waals surface area contributed by atoms with Gasteiger partial charge in [-0.3, -0.25) is 4.90 Å². The highest BCUT2D eigenvalue weighted by atomic mass is 15.2. The van der Waals surface area contributed by atoms with Crippen LogP contribution in [0.4, 0.5) is 0 Å². The van der Waals surface area contributed by atoms with Crippen LogP contribution >= 0.6 is 0 Å². The molecule has 0 aromatic heterocycles. The molecule has 0 aliphatic carbocycles. The van der Waals surface area contributed by atoms with E-state index in [1.165, 1.54) is 50.0 Å². The van der Waals surface area contributed by atoms with E-state index in [9.17, 15) is 0 Å². The van der Waals surface area contributed by atoms with Crippen LogP contribution in [0.3, 0.4) is 0 Å². The predicted molar refractivity (Wildman–Crippen MR) is 102 cm³/mol. The Kier molecular flexibility index (Phi) is 6.06. The first kappa shape index (κ1) is 17.2. The zero-order valence-corrected chi connectivity index (χ0v) is 15.1. The summed E-state index contributed by atoms with van der Waals surface area (Å²) in [5.41, 5.74) is 2.78. The molecule has 1 fully saturated rings. The van der Waals surface area contributed by atoms with Crippen molar-refractivity contribution in [2.75, 3.05) is 26.7 Å². The molecule has 128 valence electrons. The summed E-state index contributed by atoms with van der Waals surface area (Å²) in [5.74, 6) is 0. The number of benzene rings is 2. The van der Waals surface area contributed by atoms with Crippen LogP contribution in [0.1, 0.15) is 43.4 Å². The van der Waals surface area contributed by atoms with Gasteiger partial charge in [-0.2, -0.15) is 0 Å². The Balaban J connectivity index is 1.79. The quantitative estimate of drug-likeness (QED) is 0.768. The molecule has 0 spiro atoms. The second-order valence-corrected chi connectivity index (χ2v) is 6.96. The van der Waals surface area contributed by atoms with Crippen LogP contribution in [0.5, 0.6) is 0 Å². The average Bonchev–Trinajstić information content (AvgIpc) is 2.64. The summed E-state index contributed by atoms with van der Waals surface area (Å²) in [6.45, 7) is 5.99. The lowest BCUT2D eigenvalue weighted by Crippen LogP contribution is -2.45. The van der Waals surface area contributed by atoms with Crippen LogP contribution in [0.2, 0.25) is 0 Å². The van der Waals surface area contributed by atoms with Gasteiger partial charge < -0.3 is 4.90 Å². The molecule has 2 heteroatoms. The molecule has 24 heavy (non-hydrogen) atoms. The molecule has 0 amide bonds. The van der Waals surface area contributed by atoms with E-state index in [2.05, 4.69) is 84.4 Å². The highest BCUT2D eigenvalue weighted by Crippen LogP contribution is 2.31. The topological polar surface area (TPSA) is 6.48 Å². The maximum absolute atomic E-state index is 2.62. The van der Waals surface area contributed by atoms with Crippen LogP contribution < -0.4 is 0 Å². The van der Waals surface area contributed by atoms with Gasteiger partial charge in [0.2, 0.25) is 0 Å². The van der Waals surface area contributed by atoms with Crippen molar-refractivity contribution in [3.05, 3.63) is 71.8 Å². The summed E-state index contributed by atoms with van der Waals surface area (Å²) in [6, 6.07) is 22.9. The van der Waals surface area contributed by atoms with Gasteiger partial charge in [0.1, 0.15) is 0 Å². The van der Waals surface area contributed by atoms with Gasteiger partial charge in [-0.1, -0.05) is 67.6 Å². The molecule has 0 saturated carbocycles. The lowest BCUT2D eigenvalue weighted by Gasteiger charge is -2.40. The third kappa shape index (κ3) is 4.06. The highest BCUT2D eigenvalue weighted by molar-refractivity contribution is 5.31. The van der Waals surface area contributed by atoms with Gasteiger partial charge in [0.15, 0.2) is 0 Å². The summed E-state index contributed by atoms with van der Waals surface area (Å²) in [6.07, 6.45) is 3.80. The van der Waals surface area contributed by atoms with Crippen molar-refractivity contribution in [1.29, 1.82) is 0 Å². The minimum atomic E-state index is 0.343. The summed E-state index contributed by atoms with van der Waals surface area (Å²) >= 11 is 0. The highest BCUT2D eigenvalue weighted by Gasteiger charge is 2.28. The lowest BCUT2D eigenvalue weighted by atomic mass is 9.93. The van der Waals surface area contributed by atoms with E-state index < -0.39 is 0 Å². The lowest BCUT2D eigenvalue weighted by molar-refractivity contribution is 0.108. The van der Waals surface area contributed by atoms with Crippen molar-refractivity contribution >= 4 is 0 Å². The van der Waals surface area contributed by atoms with Gasteiger partial charge in [0, 0.05) is 6.04 Å². The van der Waals surface area contributed by atoms with Crippen LogP contribution in [-0.2, 0) is 0 Å². The molecule has 0 atom stereocenters. The van der Waals surface area contributed by atoms with E-state index in [1.54, 1.807) is 0 Å². The largest absolute Gasteiger partial charge is 0.303 e. The smallest absolute Gasteiger partial charge is 0.0601 e. The van der Waals surface area contributed by atoms with Crippen molar-refractivity contribution in [3.8, 4) is 0 Å². The molecule has 0 bridgehead atoms. The summed E-state index contributed by atoms with van der Waals surface area (Å²) < 4.78 is 0. The van der Waals surface area contributed by atoms with Gasteiger partial charge in [-0.05, 0) is 57.1 Å². The minimum absolute atomic E-state index is 0.343. The fourth-order valence-electron chi connectivity index (χ4n) is 4.01. The first-order valence-corrected chi connectivity index (χ1v) is 9.33. The molecule has 1 saturated heterocycles. The summed E-state index contributed by atoms with van der Waals surface area (Å²) in [5, 5.41) is 0. The maximum atomic E-state index is 2.62. The van der Waals surface area contributed by atoms with E-state index in [0.29, 0.717) is 12.1 Å². The molecule has 0 unspecified atom stereocenters. The van der Waals surface area contributed by atoms with E-state index >= 15 is 0 Å².